The van der Waals surface area contributed by atoms with Gasteiger partial charge in [0.15, 0.2) is 0 Å². The second-order valence-corrected chi connectivity index (χ2v) is 8.14. The van der Waals surface area contributed by atoms with Gasteiger partial charge in [-0.05, 0) is 67.4 Å². The maximum atomic E-state index is 12.6. The van der Waals surface area contributed by atoms with Crippen LogP contribution in [0.25, 0.3) is 0 Å². The molecule has 138 valence electrons. The predicted molar refractivity (Wildman–Crippen MR) is 95.9 cm³/mol. The minimum absolute atomic E-state index is 0.0196. The quantitative estimate of drug-likeness (QED) is 0.643. The predicted octanol–water partition coefficient (Wildman–Crippen LogP) is 4.14. The van der Waals surface area contributed by atoms with Gasteiger partial charge in [-0.25, -0.2) is 0 Å². The number of carbonyl (C=O) groups excluding carboxylic acids is 1. The van der Waals surface area contributed by atoms with Crippen molar-refractivity contribution < 1.29 is 19.1 Å². The number of ether oxygens (including phenoxy) is 1. The summed E-state index contributed by atoms with van der Waals surface area (Å²) < 4.78 is 10.3. The molecule has 25 heavy (non-hydrogen) atoms. The zero-order valence-corrected chi connectivity index (χ0v) is 15.4. The third-order valence-corrected chi connectivity index (χ3v) is 7.02. The number of allylic oxidation sites excluding steroid dienone is 1. The van der Waals surface area contributed by atoms with Crippen LogP contribution < -0.4 is 0 Å². The average molecular weight is 346 g/mol. The monoisotopic (exact) mass is 346 g/mol. The molecule has 1 aromatic heterocycles. The summed E-state index contributed by atoms with van der Waals surface area (Å²) in [5.41, 5.74) is 1.72. The highest BCUT2D eigenvalue weighted by Crippen LogP contribution is 2.62. The minimum Gasteiger partial charge on any atom is -0.472 e. The molecule has 2 aliphatic carbocycles. The van der Waals surface area contributed by atoms with Crippen molar-refractivity contribution in [1.29, 1.82) is 0 Å². The van der Waals surface area contributed by atoms with Crippen LogP contribution in [0.4, 0.5) is 0 Å². The normalized spacial score (nSPS) is 35.2. The number of rotatable bonds is 5. The summed E-state index contributed by atoms with van der Waals surface area (Å²) in [6, 6.07) is 2.01. The molecule has 1 heterocycles. The van der Waals surface area contributed by atoms with Crippen LogP contribution >= 0.6 is 0 Å². The molecule has 2 fully saturated rings. The van der Waals surface area contributed by atoms with Crippen molar-refractivity contribution in [3.63, 3.8) is 0 Å². The number of aryl methyl sites for hydroxylation is 1. The highest BCUT2D eigenvalue weighted by atomic mass is 16.5. The van der Waals surface area contributed by atoms with Crippen molar-refractivity contribution in [1.82, 2.24) is 0 Å². The first-order chi connectivity index (χ1) is 12.0. The number of fused-ring (bicyclic) bond motifs is 1. The number of methoxy groups -OCH3 is 1. The van der Waals surface area contributed by atoms with Crippen molar-refractivity contribution in [2.24, 2.45) is 22.7 Å². The van der Waals surface area contributed by atoms with Gasteiger partial charge >= 0.3 is 5.97 Å². The second kappa shape index (κ2) is 6.99. The van der Waals surface area contributed by atoms with Crippen molar-refractivity contribution in [3.8, 4) is 0 Å². The summed E-state index contributed by atoms with van der Waals surface area (Å²) in [6.45, 7) is 6.54. The van der Waals surface area contributed by atoms with Crippen LogP contribution in [-0.2, 0) is 16.0 Å². The largest absolute Gasteiger partial charge is 0.472 e. The minimum atomic E-state index is -0.754. The van der Waals surface area contributed by atoms with E-state index >= 15 is 0 Å². The number of carbonyl (C=O) groups is 1. The Balaban J connectivity index is 1.89. The van der Waals surface area contributed by atoms with E-state index < -0.39 is 5.41 Å². The van der Waals surface area contributed by atoms with Crippen LogP contribution in [0, 0.1) is 22.7 Å². The first kappa shape index (κ1) is 18.2. The average Bonchev–Trinajstić information content (AvgIpc) is 3.12. The number of hydrogen-bond acceptors (Lipinski definition) is 4. The van der Waals surface area contributed by atoms with Crippen molar-refractivity contribution in [3.05, 3.63) is 36.3 Å². The topological polar surface area (TPSA) is 59.7 Å². The molecule has 0 saturated heterocycles. The van der Waals surface area contributed by atoms with E-state index in [1.165, 1.54) is 18.2 Å². The number of furan rings is 1. The second-order valence-electron chi connectivity index (χ2n) is 8.14. The van der Waals surface area contributed by atoms with Gasteiger partial charge in [0.05, 0.1) is 31.7 Å². The van der Waals surface area contributed by atoms with Crippen molar-refractivity contribution >= 4 is 5.97 Å². The lowest BCUT2D eigenvalue weighted by Crippen LogP contribution is -2.56. The molecule has 4 unspecified atom stereocenters. The molecule has 2 saturated carbocycles. The number of hydrogen-bond donors (Lipinski definition) is 1. The van der Waals surface area contributed by atoms with E-state index in [1.807, 2.05) is 6.07 Å². The van der Waals surface area contributed by atoms with Gasteiger partial charge in [-0.1, -0.05) is 25.5 Å². The van der Waals surface area contributed by atoms with E-state index in [0.29, 0.717) is 5.92 Å². The van der Waals surface area contributed by atoms with E-state index in [0.717, 1.165) is 44.9 Å². The SMILES string of the molecule is C=C1CCC2C(CO)(C(=O)OC)CCCC2(C)C1CCc1ccoc1. The van der Waals surface area contributed by atoms with E-state index in [4.69, 9.17) is 9.15 Å². The highest BCUT2D eigenvalue weighted by molar-refractivity contribution is 5.77. The van der Waals surface area contributed by atoms with Gasteiger partial charge in [0, 0.05) is 0 Å². The third kappa shape index (κ3) is 2.95. The van der Waals surface area contributed by atoms with Gasteiger partial charge in [0.1, 0.15) is 0 Å². The Labute approximate surface area is 150 Å². The Morgan fingerprint density at radius 1 is 1.48 bits per heavy atom. The molecule has 0 radical (unpaired) electrons. The molecule has 0 bridgehead atoms. The maximum Gasteiger partial charge on any atom is 0.314 e. The van der Waals surface area contributed by atoms with Crippen LogP contribution in [0.5, 0.6) is 0 Å². The van der Waals surface area contributed by atoms with Gasteiger partial charge in [0.2, 0.25) is 0 Å². The summed E-state index contributed by atoms with van der Waals surface area (Å²) in [7, 11) is 1.43. The zero-order chi connectivity index (χ0) is 18.1. The summed E-state index contributed by atoms with van der Waals surface area (Å²) >= 11 is 0. The lowest BCUT2D eigenvalue weighted by molar-refractivity contribution is -0.176. The smallest absolute Gasteiger partial charge is 0.314 e. The lowest BCUT2D eigenvalue weighted by Gasteiger charge is -2.58. The van der Waals surface area contributed by atoms with Gasteiger partial charge in [-0.15, -0.1) is 0 Å². The van der Waals surface area contributed by atoms with Gasteiger partial charge in [-0.2, -0.15) is 0 Å². The molecular weight excluding hydrogens is 316 g/mol. The van der Waals surface area contributed by atoms with Crippen LogP contribution in [0.1, 0.15) is 51.0 Å². The molecule has 1 N–H and O–H groups in total. The number of esters is 1. The molecule has 0 amide bonds. The zero-order valence-electron chi connectivity index (χ0n) is 15.4. The summed E-state index contributed by atoms with van der Waals surface area (Å²) in [5.74, 6) is 0.259. The lowest BCUT2D eigenvalue weighted by atomic mass is 9.46. The molecule has 3 rings (SSSR count). The van der Waals surface area contributed by atoms with E-state index in [2.05, 4.69) is 13.5 Å². The van der Waals surface area contributed by atoms with Gasteiger partial charge in [-0.3, -0.25) is 4.79 Å². The number of aliphatic hydroxyl groups is 1. The molecule has 0 spiro atoms. The molecule has 0 aromatic carbocycles. The Kier molecular flexibility index (Phi) is 5.10. The number of aliphatic hydroxyl groups excluding tert-OH is 1. The van der Waals surface area contributed by atoms with Crippen LogP contribution in [-0.4, -0.2) is 24.8 Å². The summed E-state index contributed by atoms with van der Waals surface area (Å²) in [6.07, 6.45) is 10.0. The van der Waals surface area contributed by atoms with E-state index in [1.54, 1.807) is 12.5 Å². The molecule has 1 aromatic rings. The summed E-state index contributed by atoms with van der Waals surface area (Å²) in [5, 5.41) is 10.2. The molecule has 2 aliphatic rings. The fraction of sp³-hybridized carbons (Fsp3) is 0.667. The fourth-order valence-electron chi connectivity index (χ4n) is 5.74. The first-order valence-electron chi connectivity index (χ1n) is 9.36. The Morgan fingerprint density at radius 2 is 2.28 bits per heavy atom. The van der Waals surface area contributed by atoms with Gasteiger partial charge < -0.3 is 14.3 Å². The van der Waals surface area contributed by atoms with Crippen LogP contribution in [0.2, 0.25) is 0 Å². The summed E-state index contributed by atoms with van der Waals surface area (Å²) in [4.78, 5) is 12.6. The van der Waals surface area contributed by atoms with Crippen molar-refractivity contribution in [2.45, 2.75) is 51.9 Å². The van der Waals surface area contributed by atoms with E-state index in [9.17, 15) is 9.90 Å². The Morgan fingerprint density at radius 3 is 2.92 bits per heavy atom. The van der Waals surface area contributed by atoms with Crippen LogP contribution in [0.3, 0.4) is 0 Å². The van der Waals surface area contributed by atoms with Gasteiger partial charge in [0.25, 0.3) is 0 Å². The van der Waals surface area contributed by atoms with Crippen LogP contribution in [0.15, 0.2) is 35.2 Å². The Hall–Kier alpha value is -1.55. The fourth-order valence-corrected chi connectivity index (χ4v) is 5.74. The standard InChI is InChI=1S/C21H30O4/c1-15-5-8-18-20(2,17(15)7-6-16-9-12-25-13-16)10-4-11-21(18,14-22)19(23)24-3/h9,12-13,17-18,22H,1,4-8,10-11,14H2,2-3H3. The highest BCUT2D eigenvalue weighted by Gasteiger charge is 2.59. The molecule has 4 heteroatoms. The molecule has 4 nitrogen and oxygen atoms in total. The van der Waals surface area contributed by atoms with Crippen molar-refractivity contribution in [2.75, 3.05) is 13.7 Å². The first-order valence-corrected chi connectivity index (χ1v) is 9.36. The molecule has 0 aliphatic heterocycles. The van der Waals surface area contributed by atoms with E-state index in [-0.39, 0.29) is 23.9 Å². The molecular formula is C21H30O4. The third-order valence-electron chi connectivity index (χ3n) is 7.02. The Bertz CT molecular complexity index is 620. The maximum absolute atomic E-state index is 12.6. The molecule has 4 atom stereocenters.